The van der Waals surface area contributed by atoms with Crippen LogP contribution in [-0.4, -0.2) is 28.9 Å². The van der Waals surface area contributed by atoms with E-state index in [1.165, 1.54) is 11.0 Å². The van der Waals surface area contributed by atoms with Gasteiger partial charge in [0.05, 0.1) is 28.9 Å². The van der Waals surface area contributed by atoms with Gasteiger partial charge in [-0.1, -0.05) is 11.6 Å². The summed E-state index contributed by atoms with van der Waals surface area (Å²) >= 11 is 5.95. The highest BCUT2D eigenvalue weighted by molar-refractivity contribution is 6.33. The summed E-state index contributed by atoms with van der Waals surface area (Å²) in [4.78, 5) is 18.0. The summed E-state index contributed by atoms with van der Waals surface area (Å²) < 4.78 is 52.2. The van der Waals surface area contributed by atoms with E-state index in [1.54, 1.807) is 6.92 Å². The molecule has 0 fully saturated rings. The van der Waals surface area contributed by atoms with Gasteiger partial charge in [0.25, 0.3) is 5.91 Å². The van der Waals surface area contributed by atoms with Crippen LogP contribution in [0, 0.1) is 12.7 Å². The number of nitrogens with zero attached hydrogens (tertiary/aromatic N) is 2. The predicted octanol–water partition coefficient (Wildman–Crippen LogP) is 4.33. The van der Waals surface area contributed by atoms with E-state index >= 15 is 0 Å². The van der Waals surface area contributed by atoms with Gasteiger partial charge in [-0.3, -0.25) is 4.79 Å². The number of nitrogens with two attached hydrogens (primary N) is 1. The van der Waals surface area contributed by atoms with Crippen LogP contribution in [-0.2, 0) is 6.18 Å². The van der Waals surface area contributed by atoms with E-state index in [0.29, 0.717) is 29.2 Å². The zero-order chi connectivity index (χ0) is 21.3. The third-order valence-electron chi connectivity index (χ3n) is 4.52. The monoisotopic (exact) mass is 428 g/mol. The van der Waals surface area contributed by atoms with E-state index in [4.69, 9.17) is 17.3 Å². The Balaban J connectivity index is 1.78. The number of rotatable bonds is 3. The van der Waals surface area contributed by atoms with Crippen molar-refractivity contribution in [3.8, 4) is 0 Å². The van der Waals surface area contributed by atoms with Crippen LogP contribution in [0.3, 0.4) is 0 Å². The molecule has 2 aromatic rings. The second kappa shape index (κ2) is 7.90. The molecule has 1 aromatic carbocycles. The minimum Gasteiger partial charge on any atom is -0.399 e. The fourth-order valence-electron chi connectivity index (χ4n) is 2.90. The summed E-state index contributed by atoms with van der Waals surface area (Å²) in [5.74, 6) is -0.669. The maximum Gasteiger partial charge on any atom is 0.416 e. The van der Waals surface area contributed by atoms with E-state index in [2.05, 4.69) is 10.3 Å². The van der Waals surface area contributed by atoms with Gasteiger partial charge in [0.1, 0.15) is 11.6 Å². The van der Waals surface area contributed by atoms with Crippen molar-refractivity contribution in [1.29, 1.82) is 0 Å². The number of amides is 1. The molecule has 29 heavy (non-hydrogen) atoms. The third kappa shape index (κ3) is 4.61. The normalized spacial score (nSPS) is 14.9. The molecule has 1 aromatic heterocycles. The van der Waals surface area contributed by atoms with Crippen LogP contribution < -0.4 is 11.1 Å². The Kier molecular flexibility index (Phi) is 5.70. The van der Waals surface area contributed by atoms with Crippen LogP contribution in [0.2, 0.25) is 5.02 Å². The molecule has 1 amide bonds. The molecule has 0 unspecified atom stereocenters. The number of anilines is 1. The lowest BCUT2D eigenvalue weighted by Crippen LogP contribution is -2.40. The summed E-state index contributed by atoms with van der Waals surface area (Å²) in [6, 6.07) is 4.14. The van der Waals surface area contributed by atoms with Gasteiger partial charge in [-0.05, 0) is 36.8 Å². The van der Waals surface area contributed by atoms with Crippen molar-refractivity contribution >= 4 is 23.3 Å². The van der Waals surface area contributed by atoms with E-state index in [9.17, 15) is 22.4 Å². The number of aryl methyl sites for hydroxylation is 1. The summed E-state index contributed by atoms with van der Waals surface area (Å²) in [5, 5.41) is 2.93. The molecule has 0 spiro atoms. The molecule has 0 bridgehead atoms. The Hall–Kier alpha value is -2.81. The third-order valence-corrected chi connectivity index (χ3v) is 4.85. The minimum absolute atomic E-state index is 0.00786. The van der Waals surface area contributed by atoms with Gasteiger partial charge in [-0.2, -0.15) is 13.2 Å². The first-order valence-electron chi connectivity index (χ1n) is 8.59. The average Bonchev–Trinajstić information content (AvgIpc) is 2.65. The largest absolute Gasteiger partial charge is 0.416 e. The highest BCUT2D eigenvalue weighted by atomic mass is 35.5. The van der Waals surface area contributed by atoms with Crippen LogP contribution in [0.5, 0.6) is 0 Å². The number of carbonyl (C=O) groups excluding carboxylic acids is 1. The Morgan fingerprint density at radius 1 is 1.31 bits per heavy atom. The van der Waals surface area contributed by atoms with Gasteiger partial charge in [0.2, 0.25) is 0 Å². The number of aromatic nitrogens is 1. The minimum atomic E-state index is -4.59. The number of pyridine rings is 1. The van der Waals surface area contributed by atoms with Crippen molar-refractivity contribution in [3.05, 3.63) is 69.4 Å². The smallest absolute Gasteiger partial charge is 0.399 e. The molecule has 5 nitrogen and oxygen atoms in total. The number of alkyl halides is 3. The van der Waals surface area contributed by atoms with E-state index in [1.807, 2.05) is 0 Å². The number of benzene rings is 1. The molecule has 1 aliphatic heterocycles. The van der Waals surface area contributed by atoms with E-state index in [-0.39, 0.29) is 23.7 Å². The molecule has 0 saturated carbocycles. The van der Waals surface area contributed by atoms with Crippen LogP contribution >= 0.6 is 11.6 Å². The highest BCUT2D eigenvalue weighted by Crippen LogP contribution is 2.32. The first-order valence-corrected chi connectivity index (χ1v) is 8.96. The molecular formula is C19H17ClF4N4O. The van der Waals surface area contributed by atoms with Crippen molar-refractivity contribution in [1.82, 2.24) is 9.88 Å². The quantitative estimate of drug-likeness (QED) is 0.714. The molecule has 0 aliphatic carbocycles. The van der Waals surface area contributed by atoms with Gasteiger partial charge in [-0.15, -0.1) is 0 Å². The maximum atomic E-state index is 13.3. The maximum absolute atomic E-state index is 13.3. The van der Waals surface area contributed by atoms with Crippen LogP contribution in [0.4, 0.5) is 23.4 Å². The second-order valence-corrected chi connectivity index (χ2v) is 7.02. The standard InChI is InChI=1S/C19H17ClF4N4O/c1-10-6-17(26-8-14(10)21)27-16-4-5-28(9-15(16)25)18(29)12-7-11(19(22,23)24)2-3-13(12)20/h2-3,6-8H,4-5,9,25H2,1H3,(H,26,27). The van der Waals surface area contributed by atoms with Crippen molar-refractivity contribution < 1.29 is 22.4 Å². The Labute approximate surface area is 169 Å². The zero-order valence-corrected chi connectivity index (χ0v) is 16.0. The van der Waals surface area contributed by atoms with E-state index in [0.717, 1.165) is 24.4 Å². The van der Waals surface area contributed by atoms with Gasteiger partial charge in [0.15, 0.2) is 0 Å². The Morgan fingerprint density at radius 3 is 2.66 bits per heavy atom. The first-order chi connectivity index (χ1) is 13.6. The van der Waals surface area contributed by atoms with Gasteiger partial charge < -0.3 is 16.0 Å². The molecule has 0 atom stereocenters. The van der Waals surface area contributed by atoms with Gasteiger partial charge in [0, 0.05) is 24.4 Å². The predicted molar refractivity (Wildman–Crippen MR) is 101 cm³/mol. The van der Waals surface area contributed by atoms with Gasteiger partial charge >= 0.3 is 6.18 Å². The first kappa shape index (κ1) is 20.9. The number of halogens is 5. The second-order valence-electron chi connectivity index (χ2n) is 6.62. The molecule has 3 N–H and O–H groups in total. The molecule has 3 rings (SSSR count). The molecule has 1 aliphatic rings. The van der Waals surface area contributed by atoms with Gasteiger partial charge in [-0.25, -0.2) is 9.37 Å². The van der Waals surface area contributed by atoms with Crippen molar-refractivity contribution in [3.63, 3.8) is 0 Å². The summed E-state index contributed by atoms with van der Waals surface area (Å²) in [6.07, 6.45) is -3.17. The highest BCUT2D eigenvalue weighted by Gasteiger charge is 2.33. The summed E-state index contributed by atoms with van der Waals surface area (Å²) in [6.45, 7) is 1.82. The summed E-state index contributed by atoms with van der Waals surface area (Å²) in [7, 11) is 0. The van der Waals surface area contributed by atoms with Crippen molar-refractivity contribution in [2.75, 3.05) is 18.4 Å². The molecule has 2 heterocycles. The Morgan fingerprint density at radius 2 is 2.03 bits per heavy atom. The average molecular weight is 429 g/mol. The lowest BCUT2D eigenvalue weighted by molar-refractivity contribution is -0.137. The van der Waals surface area contributed by atoms with Crippen molar-refractivity contribution in [2.45, 2.75) is 19.5 Å². The number of nitrogens with one attached hydrogen (secondary N) is 1. The van der Waals surface area contributed by atoms with Crippen LogP contribution in [0.25, 0.3) is 0 Å². The van der Waals surface area contributed by atoms with E-state index < -0.39 is 23.5 Å². The lowest BCUT2D eigenvalue weighted by Gasteiger charge is -2.30. The zero-order valence-electron chi connectivity index (χ0n) is 15.3. The molecule has 0 saturated heterocycles. The molecule has 10 heteroatoms. The molecule has 154 valence electrons. The Bertz CT molecular complexity index is 991. The topological polar surface area (TPSA) is 71.2 Å². The molecular weight excluding hydrogens is 412 g/mol. The fraction of sp³-hybridized carbons (Fsp3) is 0.263. The van der Waals surface area contributed by atoms with Crippen LogP contribution in [0.15, 0.2) is 41.9 Å². The number of hydrogen-bond acceptors (Lipinski definition) is 4. The fourth-order valence-corrected chi connectivity index (χ4v) is 3.10. The lowest BCUT2D eigenvalue weighted by atomic mass is 10.1. The SMILES string of the molecule is Cc1cc(NC2=C(N)CN(C(=O)c3cc(C(F)(F)F)ccc3Cl)CC2)ncc1F. The summed E-state index contributed by atoms with van der Waals surface area (Å²) in [5.41, 5.74) is 6.21. The number of carbonyl (C=O) groups is 1. The van der Waals surface area contributed by atoms with Crippen molar-refractivity contribution in [2.24, 2.45) is 5.73 Å². The number of hydrogen-bond donors (Lipinski definition) is 2. The van der Waals surface area contributed by atoms with Crippen LogP contribution in [0.1, 0.15) is 27.9 Å². The molecule has 0 radical (unpaired) electrons.